The van der Waals surface area contributed by atoms with Crippen LogP contribution in [0, 0.1) is 19.8 Å². The van der Waals surface area contributed by atoms with E-state index in [1.54, 1.807) is 37.3 Å². The summed E-state index contributed by atoms with van der Waals surface area (Å²) in [5, 5.41) is 10.1. The predicted octanol–water partition coefficient (Wildman–Crippen LogP) is 5.47. The average Bonchev–Trinajstić information content (AvgIpc) is 3.12. The third kappa shape index (κ3) is 3.97. The van der Waals surface area contributed by atoms with Crippen LogP contribution in [0.25, 0.3) is 0 Å². The molecule has 142 valence electrons. The summed E-state index contributed by atoms with van der Waals surface area (Å²) in [6, 6.07) is 8.61. The minimum atomic E-state index is -0.801. The second-order valence-electron chi connectivity index (χ2n) is 6.88. The zero-order valence-electron chi connectivity index (χ0n) is 15.1. The number of hydrogen-bond donors (Lipinski definition) is 1. The molecule has 2 aromatic carbocycles. The molecule has 1 N–H and O–H groups in total. The molecule has 1 aliphatic rings. The van der Waals surface area contributed by atoms with Gasteiger partial charge in [-0.2, -0.15) is 0 Å². The first kappa shape index (κ1) is 19.7. The number of hydrogen-bond acceptors (Lipinski definition) is 3. The summed E-state index contributed by atoms with van der Waals surface area (Å²) >= 11 is 12.5. The third-order valence-electron chi connectivity index (χ3n) is 5.10. The van der Waals surface area contributed by atoms with Crippen molar-refractivity contribution in [3.05, 3.63) is 62.6 Å². The van der Waals surface area contributed by atoms with Crippen molar-refractivity contribution in [1.29, 1.82) is 0 Å². The molecule has 1 fully saturated rings. The van der Waals surface area contributed by atoms with Gasteiger partial charge in [-0.05, 0) is 62.4 Å². The van der Waals surface area contributed by atoms with Gasteiger partial charge in [0.1, 0.15) is 5.75 Å². The van der Waals surface area contributed by atoms with Crippen LogP contribution in [-0.4, -0.2) is 23.0 Å². The van der Waals surface area contributed by atoms with E-state index in [-0.39, 0.29) is 11.9 Å². The van der Waals surface area contributed by atoms with E-state index in [0.717, 1.165) is 5.56 Å². The van der Waals surface area contributed by atoms with E-state index in [4.69, 9.17) is 33.0 Å². The molecule has 0 heterocycles. The number of carboxylic acids is 1. The summed E-state index contributed by atoms with van der Waals surface area (Å²) in [4.78, 5) is 24.3. The van der Waals surface area contributed by atoms with Gasteiger partial charge in [0.15, 0.2) is 5.78 Å². The van der Waals surface area contributed by atoms with Gasteiger partial charge >= 0.3 is 5.97 Å². The SMILES string of the molecule is Cc1c(Cl)cc(C(=O)c2ccccc2O[C@H]2CC[C@H](C(=O)O)C2)c(C)c1Cl. The quantitative estimate of drug-likeness (QED) is 0.668. The highest BCUT2D eigenvalue weighted by molar-refractivity contribution is 6.37. The van der Waals surface area contributed by atoms with E-state index in [2.05, 4.69) is 0 Å². The van der Waals surface area contributed by atoms with Crippen LogP contribution < -0.4 is 4.74 Å². The molecule has 0 spiro atoms. The molecule has 6 heteroatoms. The van der Waals surface area contributed by atoms with Crippen molar-refractivity contribution in [2.45, 2.75) is 39.2 Å². The topological polar surface area (TPSA) is 63.6 Å². The molecule has 0 saturated heterocycles. The van der Waals surface area contributed by atoms with Crippen molar-refractivity contribution in [2.75, 3.05) is 0 Å². The third-order valence-corrected chi connectivity index (χ3v) is 6.06. The predicted molar refractivity (Wildman–Crippen MR) is 105 cm³/mol. The van der Waals surface area contributed by atoms with Gasteiger partial charge in [-0.15, -0.1) is 0 Å². The number of para-hydroxylation sites is 1. The first-order valence-electron chi connectivity index (χ1n) is 8.78. The Labute approximate surface area is 168 Å². The monoisotopic (exact) mass is 406 g/mol. The van der Waals surface area contributed by atoms with Crippen molar-refractivity contribution in [1.82, 2.24) is 0 Å². The van der Waals surface area contributed by atoms with Crippen molar-refractivity contribution in [3.8, 4) is 5.75 Å². The van der Waals surface area contributed by atoms with E-state index in [1.807, 2.05) is 6.92 Å². The molecule has 2 atom stereocenters. The molecule has 0 unspecified atom stereocenters. The second-order valence-corrected chi connectivity index (χ2v) is 7.67. The first-order chi connectivity index (χ1) is 12.8. The normalized spacial score (nSPS) is 19.1. The van der Waals surface area contributed by atoms with Gasteiger partial charge in [0, 0.05) is 15.6 Å². The number of ketones is 1. The summed E-state index contributed by atoms with van der Waals surface area (Å²) < 4.78 is 6.00. The molecule has 0 amide bonds. The van der Waals surface area contributed by atoms with Crippen LogP contribution in [-0.2, 0) is 4.79 Å². The lowest BCUT2D eigenvalue weighted by Gasteiger charge is -2.17. The standard InChI is InChI=1S/C21H20Cl2O4/c1-11-16(10-17(22)12(2)19(11)23)20(24)15-5-3-4-6-18(15)27-14-8-7-13(9-14)21(25)26/h3-6,10,13-14H,7-9H2,1-2H3,(H,25,26)/t13-,14-/m0/s1. The summed E-state index contributed by atoms with van der Waals surface area (Å²) in [5.41, 5.74) is 2.25. The van der Waals surface area contributed by atoms with Gasteiger partial charge in [0.2, 0.25) is 0 Å². The first-order valence-corrected chi connectivity index (χ1v) is 9.53. The van der Waals surface area contributed by atoms with Gasteiger partial charge in [-0.25, -0.2) is 0 Å². The Balaban J connectivity index is 1.91. The number of benzene rings is 2. The highest BCUT2D eigenvalue weighted by Crippen LogP contribution is 2.34. The van der Waals surface area contributed by atoms with Crippen molar-refractivity contribution >= 4 is 35.0 Å². The molecule has 0 aliphatic heterocycles. The summed E-state index contributed by atoms with van der Waals surface area (Å²) in [6.45, 7) is 3.60. The summed E-state index contributed by atoms with van der Waals surface area (Å²) in [5.74, 6) is -0.967. The van der Waals surface area contributed by atoms with Crippen LogP contribution in [0.1, 0.15) is 46.3 Å². The van der Waals surface area contributed by atoms with E-state index in [9.17, 15) is 9.59 Å². The Kier molecular flexibility index (Phi) is 5.78. The maximum atomic E-state index is 13.2. The lowest BCUT2D eigenvalue weighted by atomic mass is 9.96. The van der Waals surface area contributed by atoms with E-state index in [1.165, 1.54) is 0 Å². The van der Waals surface area contributed by atoms with Crippen LogP contribution in [0.4, 0.5) is 0 Å². The van der Waals surface area contributed by atoms with Crippen LogP contribution in [0.3, 0.4) is 0 Å². The van der Waals surface area contributed by atoms with Crippen LogP contribution in [0.15, 0.2) is 30.3 Å². The Bertz CT molecular complexity index is 907. The molecule has 1 saturated carbocycles. The molecule has 1 aliphatic carbocycles. The molecule has 27 heavy (non-hydrogen) atoms. The molecule has 0 radical (unpaired) electrons. The Morgan fingerprint density at radius 3 is 2.44 bits per heavy atom. The second kappa shape index (κ2) is 7.91. The maximum absolute atomic E-state index is 13.2. The highest BCUT2D eigenvalue weighted by Gasteiger charge is 2.32. The number of carbonyl (C=O) groups is 2. The smallest absolute Gasteiger partial charge is 0.306 e. The maximum Gasteiger partial charge on any atom is 0.306 e. The Hall–Kier alpha value is -2.04. The lowest BCUT2D eigenvalue weighted by molar-refractivity contribution is -0.141. The number of aliphatic carboxylic acids is 1. The van der Waals surface area contributed by atoms with Gasteiger partial charge in [0.25, 0.3) is 0 Å². The molecule has 4 nitrogen and oxygen atoms in total. The van der Waals surface area contributed by atoms with Crippen molar-refractivity contribution < 1.29 is 19.4 Å². The van der Waals surface area contributed by atoms with E-state index < -0.39 is 11.9 Å². The number of carbonyl (C=O) groups excluding carboxylic acids is 1. The summed E-state index contributed by atoms with van der Waals surface area (Å²) in [6.07, 6.45) is 1.46. The molecule has 0 bridgehead atoms. The molecule has 3 rings (SSSR count). The molecule has 2 aromatic rings. The van der Waals surface area contributed by atoms with Gasteiger partial charge < -0.3 is 9.84 Å². The minimum absolute atomic E-state index is 0.216. The highest BCUT2D eigenvalue weighted by atomic mass is 35.5. The summed E-state index contributed by atoms with van der Waals surface area (Å²) in [7, 11) is 0. The number of halogens is 2. The molecule has 0 aromatic heterocycles. The van der Waals surface area contributed by atoms with E-state index in [0.29, 0.717) is 51.7 Å². The van der Waals surface area contributed by atoms with Gasteiger partial charge in [-0.1, -0.05) is 35.3 Å². The fraction of sp³-hybridized carbons (Fsp3) is 0.333. The zero-order valence-corrected chi connectivity index (χ0v) is 16.6. The number of carboxylic acid groups (broad SMARTS) is 1. The minimum Gasteiger partial charge on any atom is -0.490 e. The van der Waals surface area contributed by atoms with Crippen molar-refractivity contribution in [2.24, 2.45) is 5.92 Å². The average molecular weight is 407 g/mol. The lowest BCUT2D eigenvalue weighted by Crippen LogP contribution is -2.17. The zero-order chi connectivity index (χ0) is 19.7. The van der Waals surface area contributed by atoms with Crippen LogP contribution >= 0.6 is 23.2 Å². The largest absolute Gasteiger partial charge is 0.490 e. The van der Waals surface area contributed by atoms with Crippen LogP contribution in [0.2, 0.25) is 10.0 Å². The van der Waals surface area contributed by atoms with Gasteiger partial charge in [-0.3, -0.25) is 9.59 Å². The fourth-order valence-electron chi connectivity index (χ4n) is 3.44. The molecular formula is C21H20Cl2O4. The van der Waals surface area contributed by atoms with Crippen LogP contribution in [0.5, 0.6) is 5.75 Å². The molecular weight excluding hydrogens is 387 g/mol. The Morgan fingerprint density at radius 1 is 1.07 bits per heavy atom. The fourth-order valence-corrected chi connectivity index (χ4v) is 3.89. The Morgan fingerprint density at radius 2 is 1.78 bits per heavy atom. The van der Waals surface area contributed by atoms with E-state index >= 15 is 0 Å². The van der Waals surface area contributed by atoms with Crippen molar-refractivity contribution in [3.63, 3.8) is 0 Å². The number of ether oxygens (including phenoxy) is 1. The number of rotatable bonds is 5. The van der Waals surface area contributed by atoms with Gasteiger partial charge in [0.05, 0.1) is 17.6 Å².